The fraction of sp³-hybridized carbons (Fsp3) is 0.0870. The Morgan fingerprint density at radius 1 is 0.964 bits per heavy atom. The smallest absolute Gasteiger partial charge is 0.189 e. The van der Waals surface area contributed by atoms with Crippen LogP contribution in [0.2, 0.25) is 5.02 Å². The zero-order valence-corrected chi connectivity index (χ0v) is 16.5. The van der Waals surface area contributed by atoms with Gasteiger partial charge in [0.1, 0.15) is 5.82 Å². The molecule has 0 aliphatic rings. The van der Waals surface area contributed by atoms with Gasteiger partial charge < -0.3 is 4.98 Å². The first kappa shape index (κ1) is 18.8. The van der Waals surface area contributed by atoms with Crippen LogP contribution in [0.5, 0.6) is 0 Å². The Bertz CT molecular complexity index is 1170. The van der Waals surface area contributed by atoms with E-state index in [9.17, 15) is 9.18 Å². The second-order valence-electron chi connectivity index (χ2n) is 6.55. The molecule has 1 N–H and O–H groups in total. The number of H-pyrrole nitrogens is 1. The molecular formula is C23H17ClFNOS. The van der Waals surface area contributed by atoms with Gasteiger partial charge in [-0.3, -0.25) is 4.79 Å². The van der Waals surface area contributed by atoms with Crippen LogP contribution in [-0.4, -0.2) is 4.98 Å². The lowest BCUT2D eigenvalue weighted by atomic mass is 10.00. The molecular weight excluding hydrogens is 393 g/mol. The largest absolute Gasteiger partial charge is 0.357 e. The number of nitrogens with one attached hydrogen (secondary N) is 1. The fourth-order valence-corrected chi connectivity index (χ4v) is 4.16. The molecule has 4 aromatic rings. The molecule has 28 heavy (non-hydrogen) atoms. The first-order valence-corrected chi connectivity index (χ1v) is 10.2. The number of pyridine rings is 1. The van der Waals surface area contributed by atoms with E-state index in [0.29, 0.717) is 33.7 Å². The first-order valence-electron chi connectivity index (χ1n) is 8.85. The minimum Gasteiger partial charge on any atom is -0.357 e. The SMILES string of the molecule is O=c1cc(CSc2ccccc2)[nH]c2cc(F)cc(Cc3ccc(Cl)cc3)c12. The number of rotatable bonds is 5. The third-order valence-corrected chi connectivity index (χ3v) is 5.79. The number of aromatic nitrogens is 1. The summed E-state index contributed by atoms with van der Waals surface area (Å²) in [6.07, 6.45) is 0.465. The van der Waals surface area contributed by atoms with Crippen molar-refractivity contribution >= 4 is 34.3 Å². The van der Waals surface area contributed by atoms with Gasteiger partial charge in [-0.25, -0.2) is 4.39 Å². The highest BCUT2D eigenvalue weighted by atomic mass is 35.5. The Morgan fingerprint density at radius 3 is 2.46 bits per heavy atom. The Balaban J connectivity index is 1.68. The number of hydrogen-bond donors (Lipinski definition) is 1. The van der Waals surface area contributed by atoms with E-state index in [1.54, 1.807) is 30.0 Å². The second-order valence-corrected chi connectivity index (χ2v) is 8.04. The summed E-state index contributed by atoms with van der Waals surface area (Å²) in [6, 6.07) is 21.8. The standard InChI is InChI=1S/C23H17ClFNOS/c24-17-8-6-15(7-9-17)10-16-11-18(25)12-21-23(16)22(27)13-19(26-21)14-28-20-4-2-1-3-5-20/h1-9,11-13H,10,14H2,(H,26,27). The molecule has 4 rings (SSSR count). The zero-order valence-electron chi connectivity index (χ0n) is 14.9. The van der Waals surface area contributed by atoms with Gasteiger partial charge in [-0.1, -0.05) is 41.9 Å². The van der Waals surface area contributed by atoms with Crippen molar-refractivity contribution in [2.24, 2.45) is 0 Å². The topological polar surface area (TPSA) is 32.9 Å². The molecule has 0 spiro atoms. The number of benzene rings is 3. The van der Waals surface area contributed by atoms with E-state index < -0.39 is 0 Å². The van der Waals surface area contributed by atoms with Crippen LogP contribution in [0.25, 0.3) is 10.9 Å². The van der Waals surface area contributed by atoms with E-state index in [1.807, 2.05) is 42.5 Å². The molecule has 5 heteroatoms. The quantitative estimate of drug-likeness (QED) is 0.398. The van der Waals surface area contributed by atoms with E-state index in [0.717, 1.165) is 16.2 Å². The number of halogens is 2. The van der Waals surface area contributed by atoms with E-state index >= 15 is 0 Å². The second kappa shape index (κ2) is 8.21. The Morgan fingerprint density at radius 2 is 1.71 bits per heavy atom. The lowest BCUT2D eigenvalue weighted by molar-refractivity contribution is 0.627. The summed E-state index contributed by atoms with van der Waals surface area (Å²) >= 11 is 7.56. The van der Waals surface area contributed by atoms with Crippen LogP contribution in [0, 0.1) is 5.82 Å². The summed E-state index contributed by atoms with van der Waals surface area (Å²) in [4.78, 5) is 17.2. The zero-order chi connectivity index (χ0) is 19.5. The molecule has 3 aromatic carbocycles. The molecule has 1 heterocycles. The van der Waals surface area contributed by atoms with Gasteiger partial charge in [-0.05, 0) is 53.9 Å². The maximum atomic E-state index is 14.2. The minimum absolute atomic E-state index is 0.0959. The number of thioether (sulfide) groups is 1. The molecule has 0 saturated carbocycles. The average Bonchev–Trinajstić information content (AvgIpc) is 2.68. The molecule has 2 nitrogen and oxygen atoms in total. The molecule has 0 atom stereocenters. The van der Waals surface area contributed by atoms with Crippen LogP contribution in [-0.2, 0) is 12.2 Å². The predicted molar refractivity (Wildman–Crippen MR) is 115 cm³/mol. The minimum atomic E-state index is -0.361. The molecule has 140 valence electrons. The van der Waals surface area contributed by atoms with Crippen molar-refractivity contribution in [3.63, 3.8) is 0 Å². The van der Waals surface area contributed by atoms with Crippen LogP contribution in [0.3, 0.4) is 0 Å². The van der Waals surface area contributed by atoms with Crippen molar-refractivity contribution in [3.8, 4) is 0 Å². The molecule has 0 aliphatic heterocycles. The highest BCUT2D eigenvalue weighted by Gasteiger charge is 2.11. The van der Waals surface area contributed by atoms with Gasteiger partial charge in [0.05, 0.1) is 5.52 Å². The van der Waals surface area contributed by atoms with Crippen LogP contribution >= 0.6 is 23.4 Å². The van der Waals surface area contributed by atoms with Crippen molar-refractivity contribution in [1.82, 2.24) is 4.98 Å². The van der Waals surface area contributed by atoms with Crippen molar-refractivity contribution in [2.75, 3.05) is 0 Å². The third-order valence-electron chi connectivity index (χ3n) is 4.48. The Hall–Kier alpha value is -2.56. The molecule has 0 amide bonds. The maximum Gasteiger partial charge on any atom is 0.189 e. The van der Waals surface area contributed by atoms with E-state index in [1.165, 1.54) is 12.1 Å². The lowest BCUT2D eigenvalue weighted by Gasteiger charge is -2.10. The number of hydrogen-bond acceptors (Lipinski definition) is 2. The maximum absolute atomic E-state index is 14.2. The van der Waals surface area contributed by atoms with Crippen molar-refractivity contribution < 1.29 is 4.39 Å². The molecule has 1 aromatic heterocycles. The van der Waals surface area contributed by atoms with E-state index in [4.69, 9.17) is 11.6 Å². The number of fused-ring (bicyclic) bond motifs is 1. The Labute approximate surface area is 171 Å². The van der Waals surface area contributed by atoms with Crippen molar-refractivity contribution in [2.45, 2.75) is 17.1 Å². The van der Waals surface area contributed by atoms with Crippen LogP contribution in [0.1, 0.15) is 16.8 Å². The van der Waals surface area contributed by atoms with Crippen LogP contribution in [0.15, 0.2) is 82.5 Å². The van der Waals surface area contributed by atoms with Gasteiger partial charge in [-0.15, -0.1) is 11.8 Å². The summed E-state index contributed by atoms with van der Waals surface area (Å²) in [7, 11) is 0. The summed E-state index contributed by atoms with van der Waals surface area (Å²) < 4.78 is 14.2. The molecule has 0 aliphatic carbocycles. The van der Waals surface area contributed by atoms with Gasteiger partial charge in [0.15, 0.2) is 5.43 Å². The van der Waals surface area contributed by atoms with Crippen LogP contribution < -0.4 is 5.43 Å². The normalized spacial score (nSPS) is 11.1. The van der Waals surface area contributed by atoms with E-state index in [-0.39, 0.29) is 11.2 Å². The average molecular weight is 410 g/mol. The highest BCUT2D eigenvalue weighted by molar-refractivity contribution is 7.98. The summed E-state index contributed by atoms with van der Waals surface area (Å²) in [5.74, 6) is 0.248. The fourth-order valence-electron chi connectivity index (χ4n) is 3.21. The predicted octanol–water partition coefficient (Wildman–Crippen LogP) is 6.20. The first-order chi connectivity index (χ1) is 13.6. The van der Waals surface area contributed by atoms with E-state index in [2.05, 4.69) is 4.98 Å². The van der Waals surface area contributed by atoms with Gasteiger partial charge >= 0.3 is 0 Å². The molecule has 0 saturated heterocycles. The third kappa shape index (κ3) is 4.29. The Kier molecular flexibility index (Phi) is 5.51. The lowest BCUT2D eigenvalue weighted by Crippen LogP contribution is -2.08. The van der Waals surface area contributed by atoms with Crippen LogP contribution in [0.4, 0.5) is 4.39 Å². The summed E-state index contributed by atoms with van der Waals surface area (Å²) in [5, 5.41) is 1.18. The molecule has 0 fully saturated rings. The monoisotopic (exact) mass is 409 g/mol. The van der Waals surface area contributed by atoms with Gasteiger partial charge in [-0.2, -0.15) is 0 Å². The molecule has 0 bridgehead atoms. The number of aromatic amines is 1. The van der Waals surface area contributed by atoms with Gasteiger partial charge in [0.2, 0.25) is 0 Å². The van der Waals surface area contributed by atoms with Gasteiger partial charge in [0, 0.05) is 32.8 Å². The van der Waals surface area contributed by atoms with Crippen molar-refractivity contribution in [1.29, 1.82) is 0 Å². The van der Waals surface area contributed by atoms with Gasteiger partial charge in [0.25, 0.3) is 0 Å². The summed E-state index contributed by atoms with van der Waals surface area (Å²) in [6.45, 7) is 0. The highest BCUT2D eigenvalue weighted by Crippen LogP contribution is 2.24. The summed E-state index contributed by atoms with van der Waals surface area (Å²) in [5.41, 5.74) is 2.84. The van der Waals surface area contributed by atoms with Crippen molar-refractivity contribution in [3.05, 3.63) is 111 Å². The molecule has 0 radical (unpaired) electrons. The molecule has 0 unspecified atom stereocenters.